The highest BCUT2D eigenvalue weighted by Gasteiger charge is 2.33. The van der Waals surface area contributed by atoms with Gasteiger partial charge in [-0.25, -0.2) is 0 Å². The van der Waals surface area contributed by atoms with Crippen molar-refractivity contribution in [1.82, 2.24) is 0 Å². The average molecular weight is 252 g/mol. The second-order valence-corrected chi connectivity index (χ2v) is 6.12. The zero-order chi connectivity index (χ0) is 11.4. The summed E-state index contributed by atoms with van der Waals surface area (Å²) in [6.45, 7) is 0. The SMILES string of the molecule is N#CC1(Sc2ccc(Cl)cc2)CCCCC1. The van der Waals surface area contributed by atoms with Gasteiger partial charge in [0.15, 0.2) is 0 Å². The molecule has 0 heterocycles. The number of rotatable bonds is 2. The molecular weight excluding hydrogens is 238 g/mol. The van der Waals surface area contributed by atoms with E-state index in [1.54, 1.807) is 11.8 Å². The molecule has 1 nitrogen and oxygen atoms in total. The Morgan fingerprint density at radius 1 is 1.12 bits per heavy atom. The lowest BCUT2D eigenvalue weighted by Crippen LogP contribution is -2.25. The first kappa shape index (κ1) is 11.8. The van der Waals surface area contributed by atoms with Crippen LogP contribution in [0.4, 0.5) is 0 Å². The topological polar surface area (TPSA) is 23.8 Å². The molecule has 1 aliphatic rings. The van der Waals surface area contributed by atoms with Gasteiger partial charge in [-0.3, -0.25) is 0 Å². The zero-order valence-corrected chi connectivity index (χ0v) is 10.7. The largest absolute Gasteiger partial charge is 0.197 e. The Hall–Kier alpha value is -0.650. The molecule has 2 rings (SSSR count). The minimum Gasteiger partial charge on any atom is -0.197 e. The van der Waals surface area contributed by atoms with Crippen molar-refractivity contribution in [3.8, 4) is 6.07 Å². The van der Waals surface area contributed by atoms with Crippen LogP contribution in [0.2, 0.25) is 5.02 Å². The predicted octanol–water partition coefficient (Wildman–Crippen LogP) is 4.66. The molecule has 3 heteroatoms. The Bertz CT molecular complexity index is 387. The fourth-order valence-electron chi connectivity index (χ4n) is 2.09. The predicted molar refractivity (Wildman–Crippen MR) is 68.7 cm³/mol. The van der Waals surface area contributed by atoms with Crippen molar-refractivity contribution in [2.75, 3.05) is 0 Å². The fourth-order valence-corrected chi connectivity index (χ4v) is 3.48. The molecule has 1 aromatic carbocycles. The molecule has 1 aliphatic carbocycles. The Morgan fingerprint density at radius 2 is 1.75 bits per heavy atom. The van der Waals surface area contributed by atoms with Gasteiger partial charge in [0.2, 0.25) is 0 Å². The third-order valence-electron chi connectivity index (χ3n) is 2.99. The Morgan fingerprint density at radius 3 is 2.31 bits per heavy atom. The molecule has 0 aliphatic heterocycles. The van der Waals surface area contributed by atoms with Crippen LogP contribution in [0.5, 0.6) is 0 Å². The minimum atomic E-state index is -0.202. The van der Waals surface area contributed by atoms with Gasteiger partial charge in [-0.1, -0.05) is 30.9 Å². The van der Waals surface area contributed by atoms with Gasteiger partial charge in [0, 0.05) is 9.92 Å². The van der Waals surface area contributed by atoms with Crippen molar-refractivity contribution in [1.29, 1.82) is 5.26 Å². The molecule has 0 N–H and O–H groups in total. The highest BCUT2D eigenvalue weighted by molar-refractivity contribution is 8.01. The van der Waals surface area contributed by atoms with Crippen LogP contribution in [0.3, 0.4) is 0 Å². The van der Waals surface area contributed by atoms with E-state index in [1.807, 2.05) is 24.3 Å². The van der Waals surface area contributed by atoms with E-state index in [0.29, 0.717) is 0 Å². The second-order valence-electron chi connectivity index (χ2n) is 4.22. The molecular formula is C13H14ClNS. The summed E-state index contributed by atoms with van der Waals surface area (Å²) < 4.78 is -0.202. The highest BCUT2D eigenvalue weighted by atomic mass is 35.5. The maximum Gasteiger partial charge on any atom is 0.107 e. The van der Waals surface area contributed by atoms with Gasteiger partial charge in [-0.2, -0.15) is 5.26 Å². The molecule has 1 aromatic rings. The summed E-state index contributed by atoms with van der Waals surface area (Å²) in [4.78, 5) is 1.15. The van der Waals surface area contributed by atoms with Crippen LogP contribution in [0.25, 0.3) is 0 Å². The van der Waals surface area contributed by atoms with E-state index >= 15 is 0 Å². The van der Waals surface area contributed by atoms with E-state index in [9.17, 15) is 5.26 Å². The first-order chi connectivity index (χ1) is 7.74. The summed E-state index contributed by atoms with van der Waals surface area (Å²) in [7, 11) is 0. The van der Waals surface area contributed by atoms with E-state index in [4.69, 9.17) is 11.6 Å². The molecule has 0 unspecified atom stereocenters. The Balaban J connectivity index is 2.12. The van der Waals surface area contributed by atoms with Crippen LogP contribution < -0.4 is 0 Å². The fraction of sp³-hybridized carbons (Fsp3) is 0.462. The van der Waals surface area contributed by atoms with Gasteiger partial charge in [-0.05, 0) is 37.1 Å². The summed E-state index contributed by atoms with van der Waals surface area (Å²) in [6.07, 6.45) is 5.64. The molecule has 16 heavy (non-hydrogen) atoms. The second kappa shape index (κ2) is 5.12. The molecule has 0 atom stereocenters. The van der Waals surface area contributed by atoms with E-state index in [-0.39, 0.29) is 4.75 Å². The molecule has 0 spiro atoms. The van der Waals surface area contributed by atoms with E-state index < -0.39 is 0 Å². The lowest BCUT2D eigenvalue weighted by molar-refractivity contribution is 0.459. The first-order valence-corrected chi connectivity index (χ1v) is 6.79. The van der Waals surface area contributed by atoms with Crippen molar-refractivity contribution < 1.29 is 0 Å². The Labute approximate surface area is 106 Å². The molecule has 84 valence electrons. The van der Waals surface area contributed by atoms with Crippen molar-refractivity contribution in [2.45, 2.75) is 41.7 Å². The lowest BCUT2D eigenvalue weighted by Gasteiger charge is -2.29. The molecule has 0 saturated heterocycles. The van der Waals surface area contributed by atoms with Crippen molar-refractivity contribution in [3.05, 3.63) is 29.3 Å². The minimum absolute atomic E-state index is 0.202. The van der Waals surface area contributed by atoms with Crippen LogP contribution in [-0.2, 0) is 0 Å². The maximum absolute atomic E-state index is 9.36. The lowest BCUT2D eigenvalue weighted by atomic mass is 9.89. The number of hydrogen-bond donors (Lipinski definition) is 0. The molecule has 1 saturated carbocycles. The summed E-state index contributed by atoms with van der Waals surface area (Å²) in [5, 5.41) is 10.1. The number of nitriles is 1. The van der Waals surface area contributed by atoms with Crippen LogP contribution >= 0.6 is 23.4 Å². The van der Waals surface area contributed by atoms with E-state index in [2.05, 4.69) is 6.07 Å². The summed E-state index contributed by atoms with van der Waals surface area (Å²) in [5.41, 5.74) is 0. The average Bonchev–Trinajstić information content (AvgIpc) is 2.33. The number of hydrogen-bond acceptors (Lipinski definition) is 2. The number of halogens is 1. The van der Waals surface area contributed by atoms with E-state index in [1.165, 1.54) is 19.3 Å². The first-order valence-electron chi connectivity index (χ1n) is 5.60. The van der Waals surface area contributed by atoms with Crippen molar-refractivity contribution in [3.63, 3.8) is 0 Å². The molecule has 0 radical (unpaired) electrons. The third-order valence-corrected chi connectivity index (χ3v) is 4.64. The van der Waals surface area contributed by atoms with Crippen LogP contribution in [0, 0.1) is 11.3 Å². The molecule has 1 fully saturated rings. The van der Waals surface area contributed by atoms with Crippen LogP contribution in [0.1, 0.15) is 32.1 Å². The summed E-state index contributed by atoms with van der Waals surface area (Å²) in [6, 6.07) is 10.3. The maximum atomic E-state index is 9.36. The molecule has 0 aromatic heterocycles. The smallest absolute Gasteiger partial charge is 0.107 e. The van der Waals surface area contributed by atoms with Crippen LogP contribution in [-0.4, -0.2) is 4.75 Å². The summed E-state index contributed by atoms with van der Waals surface area (Å²) >= 11 is 7.55. The normalized spacial score (nSPS) is 19.0. The highest BCUT2D eigenvalue weighted by Crippen LogP contribution is 2.43. The summed E-state index contributed by atoms with van der Waals surface area (Å²) in [5.74, 6) is 0. The quantitative estimate of drug-likeness (QED) is 0.763. The molecule has 0 amide bonds. The van der Waals surface area contributed by atoms with Gasteiger partial charge >= 0.3 is 0 Å². The van der Waals surface area contributed by atoms with Crippen LogP contribution in [0.15, 0.2) is 29.2 Å². The Kier molecular flexibility index (Phi) is 3.78. The van der Waals surface area contributed by atoms with Gasteiger partial charge < -0.3 is 0 Å². The van der Waals surface area contributed by atoms with Gasteiger partial charge in [-0.15, -0.1) is 11.8 Å². The van der Waals surface area contributed by atoms with E-state index in [0.717, 1.165) is 22.8 Å². The number of nitrogens with zero attached hydrogens (tertiary/aromatic N) is 1. The molecule has 0 bridgehead atoms. The third kappa shape index (κ3) is 2.72. The monoisotopic (exact) mass is 251 g/mol. The van der Waals surface area contributed by atoms with Crippen molar-refractivity contribution in [2.24, 2.45) is 0 Å². The number of benzene rings is 1. The van der Waals surface area contributed by atoms with Crippen molar-refractivity contribution >= 4 is 23.4 Å². The number of thioether (sulfide) groups is 1. The zero-order valence-electron chi connectivity index (χ0n) is 9.08. The van der Waals surface area contributed by atoms with Gasteiger partial charge in [0.1, 0.15) is 4.75 Å². The van der Waals surface area contributed by atoms with Gasteiger partial charge in [0.25, 0.3) is 0 Å². The van der Waals surface area contributed by atoms with Gasteiger partial charge in [0.05, 0.1) is 6.07 Å². The standard InChI is InChI=1S/C13H14ClNS/c14-11-4-6-12(7-5-11)16-13(10-15)8-2-1-3-9-13/h4-7H,1-3,8-9H2.